The third-order valence-electron chi connectivity index (χ3n) is 12.7. The zero-order chi connectivity index (χ0) is 36.6. The van der Waals surface area contributed by atoms with Crippen molar-refractivity contribution in [2.45, 2.75) is 162 Å². The second-order valence-corrected chi connectivity index (χ2v) is 24.2. The number of ketones is 1. The van der Waals surface area contributed by atoms with Gasteiger partial charge in [0.05, 0.1) is 6.04 Å². The van der Waals surface area contributed by atoms with E-state index in [0.29, 0.717) is 34.9 Å². The van der Waals surface area contributed by atoms with E-state index < -0.39 is 8.07 Å². The lowest BCUT2D eigenvalue weighted by Gasteiger charge is -2.48. The number of benzene rings is 2. The molecule has 4 nitrogen and oxygen atoms in total. The Kier molecular flexibility index (Phi) is 11.9. The Balaban J connectivity index is 1.78. The van der Waals surface area contributed by atoms with Gasteiger partial charge in [0.1, 0.15) is 14.2 Å². The Morgan fingerprint density at radius 1 is 0.796 bits per heavy atom. The second-order valence-electron chi connectivity index (χ2n) is 18.3. The summed E-state index contributed by atoms with van der Waals surface area (Å²) in [6.07, 6.45) is 4.66. The van der Waals surface area contributed by atoms with Gasteiger partial charge in [0.15, 0.2) is 5.78 Å². The van der Waals surface area contributed by atoms with Crippen molar-refractivity contribution in [3.05, 3.63) is 82.2 Å². The Hall–Kier alpha value is -2.66. The zero-order valence-corrected chi connectivity index (χ0v) is 34.3. The largest absolute Gasteiger partial charge is 0.446 e. The van der Waals surface area contributed by atoms with Gasteiger partial charge in [-0.25, -0.2) is 4.79 Å². The van der Waals surface area contributed by atoms with E-state index in [1.165, 1.54) is 11.1 Å². The third kappa shape index (κ3) is 7.82. The summed E-state index contributed by atoms with van der Waals surface area (Å²) in [7, 11) is -2.33. The van der Waals surface area contributed by atoms with E-state index in [1.807, 2.05) is 11.1 Å². The molecule has 49 heavy (non-hydrogen) atoms. The van der Waals surface area contributed by atoms with Gasteiger partial charge in [0.25, 0.3) is 0 Å². The lowest BCUT2D eigenvalue weighted by Crippen LogP contribution is -2.53. The predicted molar refractivity (Wildman–Crippen MR) is 209 cm³/mol. The summed E-state index contributed by atoms with van der Waals surface area (Å²) in [6.45, 7) is 31.9. The Morgan fingerprint density at radius 3 is 1.82 bits per heavy atom. The van der Waals surface area contributed by atoms with Crippen LogP contribution >= 0.6 is 0 Å². The van der Waals surface area contributed by atoms with Crippen LogP contribution in [0.15, 0.2) is 59.9 Å². The molecule has 0 bridgehead atoms. The number of Topliss-reactive ketones (excluding diaryl/α,β-unsaturated/α-hetero) is 1. The van der Waals surface area contributed by atoms with Crippen LogP contribution < -0.4 is 0 Å². The van der Waals surface area contributed by atoms with Crippen LogP contribution in [0.5, 0.6) is 0 Å². The number of ether oxygens (including phenoxy) is 1. The molecule has 1 aliphatic carbocycles. The van der Waals surface area contributed by atoms with E-state index in [9.17, 15) is 9.59 Å². The molecule has 0 spiro atoms. The minimum Gasteiger partial charge on any atom is -0.446 e. The molecule has 270 valence electrons. The number of hydrogen-bond donors (Lipinski definition) is 0. The van der Waals surface area contributed by atoms with Crippen molar-refractivity contribution in [2.24, 2.45) is 17.8 Å². The summed E-state index contributed by atoms with van der Waals surface area (Å²) in [6, 6.07) is 17.1. The number of nitrogens with zero attached hydrogens (tertiary/aromatic N) is 1. The van der Waals surface area contributed by atoms with E-state index in [0.717, 1.165) is 35.6 Å². The van der Waals surface area contributed by atoms with Crippen molar-refractivity contribution in [1.29, 1.82) is 0 Å². The fourth-order valence-electron chi connectivity index (χ4n) is 9.70. The predicted octanol–water partition coefficient (Wildman–Crippen LogP) is 12.3. The average Bonchev–Trinajstić information content (AvgIpc) is 3.01. The summed E-state index contributed by atoms with van der Waals surface area (Å²) in [5.41, 5.74) is 5.73. The van der Waals surface area contributed by atoms with Crippen molar-refractivity contribution >= 4 is 20.0 Å². The quantitative estimate of drug-likeness (QED) is 0.247. The number of aryl methyl sites for hydroxylation is 1. The number of rotatable bonds is 9. The number of carbonyl (C=O) groups is 2. The van der Waals surface area contributed by atoms with Gasteiger partial charge in [-0.1, -0.05) is 144 Å². The molecule has 1 fully saturated rings. The summed E-state index contributed by atoms with van der Waals surface area (Å²) >= 11 is 0. The fraction of sp³-hybridized carbons (Fsp3) is 0.636. The lowest BCUT2D eigenvalue weighted by molar-refractivity contribution is -0.117. The van der Waals surface area contributed by atoms with Gasteiger partial charge in [-0.05, 0) is 87.4 Å². The molecule has 1 saturated carbocycles. The molecule has 2 aromatic rings. The molecule has 2 aromatic carbocycles. The van der Waals surface area contributed by atoms with E-state index in [1.54, 1.807) is 0 Å². The first-order valence-corrected chi connectivity index (χ1v) is 21.4. The number of allylic oxidation sites excluding steroid dienone is 1. The molecule has 2 aliphatic rings. The van der Waals surface area contributed by atoms with Crippen LogP contribution in [-0.4, -0.2) is 31.0 Å². The highest BCUT2D eigenvalue weighted by Crippen LogP contribution is 2.50. The Morgan fingerprint density at radius 2 is 1.33 bits per heavy atom. The van der Waals surface area contributed by atoms with Gasteiger partial charge in [-0.3, -0.25) is 9.69 Å². The summed E-state index contributed by atoms with van der Waals surface area (Å²) < 4.78 is 6.76. The van der Waals surface area contributed by atoms with Crippen LogP contribution in [0, 0.1) is 24.7 Å². The number of carbonyl (C=O) groups excluding carboxylic acids is 2. The molecule has 0 unspecified atom stereocenters. The van der Waals surface area contributed by atoms with Crippen molar-refractivity contribution in [3.63, 3.8) is 0 Å². The van der Waals surface area contributed by atoms with E-state index >= 15 is 0 Å². The summed E-state index contributed by atoms with van der Waals surface area (Å²) in [5, 5.41) is 0.909. The maximum Gasteiger partial charge on any atom is 0.414 e. The van der Waals surface area contributed by atoms with Gasteiger partial charge in [-0.15, -0.1) is 0 Å². The Bertz CT molecular complexity index is 1450. The normalized spacial score (nSPS) is 22.7. The SMILES string of the molecule is Cc1ccc([C@@H]2CC(=O)C([Si](C(C)C)(C(C)C)C(C)C)=CN2C(=O)O[C@@H]2CC[C@@H](C(C)C)C[C@H]2C(C)(C)c2ccc(C(C)(C)C)cc2)cc1. The Labute approximate surface area is 300 Å². The van der Waals surface area contributed by atoms with Gasteiger partial charge in [-0.2, -0.15) is 0 Å². The monoisotopic (exact) mass is 685 g/mol. The van der Waals surface area contributed by atoms with Crippen molar-refractivity contribution < 1.29 is 14.3 Å². The number of amides is 1. The molecule has 5 heteroatoms. The molecule has 1 aliphatic heterocycles. The van der Waals surface area contributed by atoms with Crippen molar-refractivity contribution in [3.8, 4) is 0 Å². The maximum atomic E-state index is 14.7. The van der Waals surface area contributed by atoms with Gasteiger partial charge in [0.2, 0.25) is 0 Å². The molecule has 4 atom stereocenters. The molecule has 0 aromatic heterocycles. The maximum absolute atomic E-state index is 14.7. The topological polar surface area (TPSA) is 46.6 Å². The zero-order valence-electron chi connectivity index (χ0n) is 33.3. The van der Waals surface area contributed by atoms with Crippen LogP contribution in [-0.2, 0) is 20.4 Å². The molecular weight excluding hydrogens is 619 g/mol. The van der Waals surface area contributed by atoms with Crippen LogP contribution in [0.2, 0.25) is 16.6 Å². The first-order chi connectivity index (χ1) is 22.7. The van der Waals surface area contributed by atoms with Crippen molar-refractivity contribution in [2.75, 3.05) is 0 Å². The molecular formula is C44H67NO3Si. The highest BCUT2D eigenvalue weighted by molar-refractivity contribution is 6.93. The molecule has 0 radical (unpaired) electrons. The summed E-state index contributed by atoms with van der Waals surface area (Å²) in [4.78, 5) is 30.9. The van der Waals surface area contributed by atoms with Crippen LogP contribution in [0.25, 0.3) is 0 Å². The fourth-order valence-corrected chi connectivity index (χ4v) is 16.5. The standard InChI is InChI=1S/C44H67NO3Si/c1-28(2)34-19-24-40(37(25-34)44(13,14)36-22-20-35(21-23-36)43(10,11)12)48-42(47)45-27-41(49(29(3)4,30(5)6)31(7)8)39(46)26-38(45)33-17-15-32(9)16-18-33/h15-18,20-23,27-31,34,37-38,40H,19,24-26H2,1-14H3/t34-,37-,38+,40-/m1/s1. The average molecular weight is 686 g/mol. The molecule has 1 amide bonds. The molecule has 4 rings (SSSR count). The van der Waals surface area contributed by atoms with Crippen LogP contribution in [0.3, 0.4) is 0 Å². The van der Waals surface area contributed by atoms with E-state index in [4.69, 9.17) is 4.74 Å². The van der Waals surface area contributed by atoms with Crippen molar-refractivity contribution in [1.82, 2.24) is 4.90 Å². The van der Waals surface area contributed by atoms with Gasteiger partial charge < -0.3 is 4.74 Å². The molecule has 1 heterocycles. The first-order valence-electron chi connectivity index (χ1n) is 19.1. The summed E-state index contributed by atoms with van der Waals surface area (Å²) in [5.74, 6) is 1.53. The molecule has 0 N–H and O–H groups in total. The van der Waals surface area contributed by atoms with Crippen LogP contribution in [0.1, 0.15) is 144 Å². The highest BCUT2D eigenvalue weighted by atomic mass is 28.3. The third-order valence-corrected chi connectivity index (χ3v) is 19.8. The smallest absolute Gasteiger partial charge is 0.414 e. The minimum absolute atomic E-state index is 0.0889. The van der Waals surface area contributed by atoms with Gasteiger partial charge >= 0.3 is 6.09 Å². The molecule has 0 saturated heterocycles. The first kappa shape index (κ1) is 39.1. The highest BCUT2D eigenvalue weighted by Gasteiger charge is 2.51. The number of hydrogen-bond acceptors (Lipinski definition) is 3. The van der Waals surface area contributed by atoms with E-state index in [-0.39, 0.29) is 40.8 Å². The van der Waals surface area contributed by atoms with Gasteiger partial charge in [0, 0.05) is 18.5 Å². The second kappa shape index (κ2) is 14.9. The van der Waals surface area contributed by atoms with Crippen LogP contribution in [0.4, 0.5) is 4.79 Å². The van der Waals surface area contributed by atoms with E-state index in [2.05, 4.69) is 145 Å². The lowest BCUT2D eigenvalue weighted by atomic mass is 9.62. The minimum atomic E-state index is -2.33.